The summed E-state index contributed by atoms with van der Waals surface area (Å²) in [5, 5.41) is 2.98. The number of ether oxygens (including phenoxy) is 2. The molecule has 0 radical (unpaired) electrons. The van der Waals surface area contributed by atoms with Crippen molar-refractivity contribution in [2.45, 2.75) is 26.3 Å². The smallest absolute Gasteiger partial charge is 0.338 e. The lowest BCUT2D eigenvalue weighted by molar-refractivity contribution is -0.124. The summed E-state index contributed by atoms with van der Waals surface area (Å²) in [7, 11) is 0. The second kappa shape index (κ2) is 12.1. The summed E-state index contributed by atoms with van der Waals surface area (Å²) < 4.78 is 9.94. The first-order chi connectivity index (χ1) is 17.3. The number of benzene rings is 2. The first kappa shape index (κ1) is 26.6. The Hall–Kier alpha value is -4.05. The van der Waals surface area contributed by atoms with Crippen molar-refractivity contribution in [3.8, 4) is 0 Å². The van der Waals surface area contributed by atoms with Crippen LogP contribution in [0.2, 0.25) is 0 Å². The fourth-order valence-electron chi connectivity index (χ4n) is 3.67. The molecule has 1 saturated heterocycles. The Kier molecular flexibility index (Phi) is 8.91. The Morgan fingerprint density at radius 1 is 0.972 bits per heavy atom. The number of nitrogens with one attached hydrogen (secondary N) is 1. The number of rotatable bonds is 10. The minimum Gasteiger partial charge on any atom is -0.462 e. The van der Waals surface area contributed by atoms with Crippen LogP contribution in [0.3, 0.4) is 0 Å². The molecule has 1 fully saturated rings. The first-order valence-corrected chi connectivity index (χ1v) is 11.8. The number of esters is 2. The SMILES string of the molecule is C=CCN1C(=S)N(c2ccc(C(=O)OCC)cc2)C(=O)[C@@H]1CC(=O)Nc1ccc(C(=O)OCC)cc1. The Balaban J connectivity index is 1.73. The molecule has 2 aromatic rings. The van der Waals surface area contributed by atoms with Gasteiger partial charge in [-0.2, -0.15) is 0 Å². The lowest BCUT2D eigenvalue weighted by Crippen LogP contribution is -2.37. The van der Waals surface area contributed by atoms with E-state index in [2.05, 4.69) is 11.9 Å². The largest absolute Gasteiger partial charge is 0.462 e. The Bertz CT molecular complexity index is 1160. The van der Waals surface area contributed by atoms with Crippen molar-refractivity contribution in [2.75, 3.05) is 30.0 Å². The fraction of sp³-hybridized carbons (Fsp3) is 0.269. The second-order valence-corrected chi connectivity index (χ2v) is 8.10. The van der Waals surface area contributed by atoms with Crippen LogP contribution in [0.25, 0.3) is 0 Å². The summed E-state index contributed by atoms with van der Waals surface area (Å²) in [6.07, 6.45) is 1.45. The summed E-state index contributed by atoms with van der Waals surface area (Å²) in [6, 6.07) is 11.8. The highest BCUT2D eigenvalue weighted by Crippen LogP contribution is 2.28. The summed E-state index contributed by atoms with van der Waals surface area (Å²) >= 11 is 5.55. The average Bonchev–Trinajstić information content (AvgIpc) is 3.09. The van der Waals surface area contributed by atoms with Crippen molar-refractivity contribution in [1.82, 2.24) is 4.90 Å². The molecule has 0 saturated carbocycles. The van der Waals surface area contributed by atoms with Gasteiger partial charge >= 0.3 is 11.9 Å². The topological polar surface area (TPSA) is 105 Å². The molecular formula is C26H27N3O6S. The molecule has 2 amide bonds. The van der Waals surface area contributed by atoms with Crippen molar-refractivity contribution in [2.24, 2.45) is 0 Å². The lowest BCUT2D eigenvalue weighted by atomic mass is 10.1. The van der Waals surface area contributed by atoms with Gasteiger partial charge in [-0.1, -0.05) is 6.08 Å². The van der Waals surface area contributed by atoms with Gasteiger partial charge in [0.25, 0.3) is 5.91 Å². The van der Waals surface area contributed by atoms with E-state index in [1.54, 1.807) is 73.4 Å². The van der Waals surface area contributed by atoms with Crippen molar-refractivity contribution in [3.63, 3.8) is 0 Å². The molecule has 1 aliphatic heterocycles. The van der Waals surface area contributed by atoms with Gasteiger partial charge in [-0.15, -0.1) is 6.58 Å². The van der Waals surface area contributed by atoms with Crippen LogP contribution >= 0.6 is 12.2 Å². The molecule has 3 rings (SSSR count). The fourth-order valence-corrected chi connectivity index (χ4v) is 4.07. The summed E-state index contributed by atoms with van der Waals surface area (Å²) in [6.45, 7) is 7.96. The van der Waals surface area contributed by atoms with Crippen molar-refractivity contribution in [1.29, 1.82) is 0 Å². The van der Waals surface area contributed by atoms with Gasteiger partial charge < -0.3 is 19.7 Å². The van der Waals surface area contributed by atoms with Gasteiger partial charge in [-0.05, 0) is 74.6 Å². The van der Waals surface area contributed by atoms with Crippen LogP contribution in [0.1, 0.15) is 41.0 Å². The number of anilines is 2. The number of carbonyl (C=O) groups is 4. The third kappa shape index (κ3) is 5.95. The number of amides is 2. The molecule has 1 heterocycles. The summed E-state index contributed by atoms with van der Waals surface area (Å²) in [4.78, 5) is 52.8. The lowest BCUT2D eigenvalue weighted by Gasteiger charge is -2.22. The van der Waals surface area contributed by atoms with E-state index in [9.17, 15) is 19.2 Å². The quantitative estimate of drug-likeness (QED) is 0.295. The normalized spacial score (nSPS) is 15.0. The molecular weight excluding hydrogens is 482 g/mol. The highest BCUT2D eigenvalue weighted by molar-refractivity contribution is 7.80. The molecule has 1 atom stereocenters. The third-order valence-corrected chi connectivity index (χ3v) is 5.76. The van der Waals surface area contributed by atoms with Gasteiger partial charge in [0, 0.05) is 12.2 Å². The summed E-state index contributed by atoms with van der Waals surface area (Å²) in [5.41, 5.74) is 1.67. The molecule has 36 heavy (non-hydrogen) atoms. The van der Waals surface area contributed by atoms with Gasteiger partial charge in [0.15, 0.2) is 5.11 Å². The standard InChI is InChI=1S/C26H27N3O6S/c1-4-15-28-21(16-22(30)27-19-11-7-17(8-12-19)24(32)34-5-2)23(31)29(26(28)36)20-13-9-18(10-14-20)25(33)35-6-3/h4,7-14,21H,1,5-6,15-16H2,2-3H3,(H,27,30)/t21-/m0/s1. The van der Waals surface area contributed by atoms with E-state index in [1.807, 2.05) is 0 Å². The predicted octanol–water partition coefficient (Wildman–Crippen LogP) is 3.56. The maximum absolute atomic E-state index is 13.3. The molecule has 10 heteroatoms. The molecule has 1 aliphatic rings. The van der Waals surface area contributed by atoms with E-state index < -0.39 is 23.9 Å². The molecule has 9 nitrogen and oxygen atoms in total. The van der Waals surface area contributed by atoms with Crippen LogP contribution in [0.5, 0.6) is 0 Å². The minimum absolute atomic E-state index is 0.149. The van der Waals surface area contributed by atoms with Crippen LogP contribution in [0, 0.1) is 0 Å². The maximum Gasteiger partial charge on any atom is 0.338 e. The Morgan fingerprint density at radius 2 is 1.50 bits per heavy atom. The first-order valence-electron chi connectivity index (χ1n) is 11.4. The van der Waals surface area contributed by atoms with Crippen LogP contribution in [0.15, 0.2) is 61.2 Å². The highest BCUT2D eigenvalue weighted by atomic mass is 32.1. The number of nitrogens with zero attached hydrogens (tertiary/aromatic N) is 2. The third-order valence-electron chi connectivity index (χ3n) is 5.34. The monoisotopic (exact) mass is 509 g/mol. The maximum atomic E-state index is 13.3. The van der Waals surface area contributed by atoms with E-state index in [1.165, 1.54) is 4.90 Å². The van der Waals surface area contributed by atoms with E-state index in [0.29, 0.717) is 22.5 Å². The van der Waals surface area contributed by atoms with Crippen LogP contribution in [-0.2, 0) is 19.1 Å². The highest BCUT2D eigenvalue weighted by Gasteiger charge is 2.43. The van der Waals surface area contributed by atoms with Crippen molar-refractivity contribution < 1.29 is 28.7 Å². The molecule has 0 aromatic heterocycles. The van der Waals surface area contributed by atoms with Gasteiger partial charge in [-0.3, -0.25) is 14.5 Å². The molecule has 188 valence electrons. The van der Waals surface area contributed by atoms with Crippen LogP contribution in [-0.4, -0.2) is 59.6 Å². The van der Waals surface area contributed by atoms with Crippen LogP contribution < -0.4 is 10.2 Å². The van der Waals surface area contributed by atoms with Gasteiger partial charge in [0.2, 0.25) is 5.91 Å². The van der Waals surface area contributed by atoms with Gasteiger partial charge in [0.05, 0.1) is 36.4 Å². The van der Waals surface area contributed by atoms with Gasteiger partial charge in [0.1, 0.15) is 6.04 Å². The zero-order valence-electron chi connectivity index (χ0n) is 20.1. The Morgan fingerprint density at radius 3 is 2.00 bits per heavy atom. The average molecular weight is 510 g/mol. The molecule has 0 unspecified atom stereocenters. The number of hydrogen-bond donors (Lipinski definition) is 1. The summed E-state index contributed by atoms with van der Waals surface area (Å²) in [5.74, 6) is -1.67. The molecule has 0 bridgehead atoms. The second-order valence-electron chi connectivity index (χ2n) is 7.73. The van der Waals surface area contributed by atoms with Gasteiger partial charge in [-0.25, -0.2) is 9.59 Å². The van der Waals surface area contributed by atoms with E-state index in [4.69, 9.17) is 21.7 Å². The van der Waals surface area contributed by atoms with Crippen molar-refractivity contribution >= 4 is 52.5 Å². The number of hydrogen-bond acceptors (Lipinski definition) is 7. The van der Waals surface area contributed by atoms with E-state index in [0.717, 1.165) is 0 Å². The number of thiocarbonyl (C=S) groups is 1. The zero-order chi connectivity index (χ0) is 26.2. The minimum atomic E-state index is -0.834. The van der Waals surface area contributed by atoms with E-state index >= 15 is 0 Å². The molecule has 2 aromatic carbocycles. The van der Waals surface area contributed by atoms with Crippen LogP contribution in [0.4, 0.5) is 11.4 Å². The Labute approximate surface area is 214 Å². The van der Waals surface area contributed by atoms with E-state index in [-0.39, 0.29) is 37.2 Å². The van der Waals surface area contributed by atoms with Crippen molar-refractivity contribution in [3.05, 3.63) is 72.3 Å². The predicted molar refractivity (Wildman–Crippen MR) is 139 cm³/mol. The molecule has 0 aliphatic carbocycles. The molecule has 0 spiro atoms. The molecule has 1 N–H and O–H groups in total. The zero-order valence-corrected chi connectivity index (χ0v) is 20.9. The number of carbonyl (C=O) groups excluding carboxylic acids is 4.